The summed E-state index contributed by atoms with van der Waals surface area (Å²) in [5.74, 6) is 0.148. The lowest BCUT2D eigenvalue weighted by Crippen LogP contribution is -2.42. The van der Waals surface area contributed by atoms with E-state index in [1.165, 1.54) is 5.56 Å². The van der Waals surface area contributed by atoms with Gasteiger partial charge in [0.25, 0.3) is 0 Å². The van der Waals surface area contributed by atoms with Crippen molar-refractivity contribution in [2.75, 3.05) is 13.1 Å². The van der Waals surface area contributed by atoms with E-state index in [1.54, 1.807) is 17.0 Å². The Kier molecular flexibility index (Phi) is 5.29. The molecule has 1 aliphatic heterocycles. The molecule has 1 aromatic carbocycles. The molecule has 0 unspecified atom stereocenters. The molecule has 2 N–H and O–H groups in total. The van der Waals surface area contributed by atoms with Gasteiger partial charge in [0, 0.05) is 18.7 Å². The van der Waals surface area contributed by atoms with Crippen LogP contribution in [0.3, 0.4) is 0 Å². The molecule has 0 saturated carbocycles. The molecule has 126 valence electrons. The molecule has 5 heteroatoms. The maximum atomic E-state index is 12.0. The minimum atomic E-state index is -0.448. The van der Waals surface area contributed by atoms with Crippen molar-refractivity contribution >= 4 is 12.0 Å². The number of benzene rings is 1. The highest BCUT2D eigenvalue weighted by Gasteiger charge is 2.26. The van der Waals surface area contributed by atoms with Crippen LogP contribution in [-0.4, -0.2) is 35.6 Å². The van der Waals surface area contributed by atoms with Gasteiger partial charge in [0.1, 0.15) is 5.60 Å². The first kappa shape index (κ1) is 17.3. The average Bonchev–Trinajstić information content (AvgIpc) is 2.46. The van der Waals surface area contributed by atoms with E-state index in [4.69, 9.17) is 10.5 Å². The van der Waals surface area contributed by atoms with Crippen molar-refractivity contribution in [1.82, 2.24) is 4.90 Å². The first-order valence-corrected chi connectivity index (χ1v) is 8.11. The van der Waals surface area contributed by atoms with Gasteiger partial charge < -0.3 is 15.4 Å². The van der Waals surface area contributed by atoms with Crippen LogP contribution in [0, 0.1) is 5.92 Å². The molecule has 0 aliphatic carbocycles. The Morgan fingerprint density at radius 2 is 1.74 bits per heavy atom. The summed E-state index contributed by atoms with van der Waals surface area (Å²) >= 11 is 0. The Bertz CT molecular complexity index is 553. The summed E-state index contributed by atoms with van der Waals surface area (Å²) in [6, 6.07) is 7.46. The second-order valence-electron chi connectivity index (χ2n) is 7.18. The summed E-state index contributed by atoms with van der Waals surface area (Å²) in [6.07, 6.45) is 2.68. The van der Waals surface area contributed by atoms with E-state index in [0.717, 1.165) is 32.4 Å². The van der Waals surface area contributed by atoms with Crippen LogP contribution < -0.4 is 5.73 Å². The standard InChI is InChI=1S/C18H26N2O3/c1-18(2,3)23-17(22)20-10-8-14(9-11-20)12-13-4-6-15(7-5-13)16(19)21/h4-7,14H,8-12H2,1-3H3,(H2,19,21). The number of hydrogen-bond acceptors (Lipinski definition) is 3. The zero-order valence-electron chi connectivity index (χ0n) is 14.2. The molecule has 1 saturated heterocycles. The number of amides is 2. The SMILES string of the molecule is CC(C)(C)OC(=O)N1CCC(Cc2ccc(C(N)=O)cc2)CC1. The minimum absolute atomic E-state index is 0.221. The molecule has 0 atom stereocenters. The van der Waals surface area contributed by atoms with E-state index >= 15 is 0 Å². The number of carbonyl (C=O) groups is 2. The van der Waals surface area contributed by atoms with Gasteiger partial charge in [-0.05, 0) is 63.6 Å². The molecular weight excluding hydrogens is 292 g/mol. The Morgan fingerprint density at radius 3 is 2.22 bits per heavy atom. The van der Waals surface area contributed by atoms with Gasteiger partial charge in [-0.25, -0.2) is 4.79 Å². The van der Waals surface area contributed by atoms with Crippen LogP contribution in [0.5, 0.6) is 0 Å². The van der Waals surface area contributed by atoms with Gasteiger partial charge in [0.05, 0.1) is 0 Å². The van der Waals surface area contributed by atoms with E-state index in [0.29, 0.717) is 11.5 Å². The molecule has 1 heterocycles. The number of piperidine rings is 1. The average molecular weight is 318 g/mol. The van der Waals surface area contributed by atoms with Crippen molar-refractivity contribution in [1.29, 1.82) is 0 Å². The number of likely N-dealkylation sites (tertiary alicyclic amines) is 1. The quantitative estimate of drug-likeness (QED) is 0.931. The van der Waals surface area contributed by atoms with Crippen LogP contribution in [0.25, 0.3) is 0 Å². The molecule has 1 aliphatic rings. The van der Waals surface area contributed by atoms with Gasteiger partial charge in [-0.3, -0.25) is 4.79 Å². The maximum absolute atomic E-state index is 12.0. The van der Waals surface area contributed by atoms with Crippen LogP contribution in [0.2, 0.25) is 0 Å². The topological polar surface area (TPSA) is 72.6 Å². The van der Waals surface area contributed by atoms with Crippen LogP contribution in [0.1, 0.15) is 49.5 Å². The summed E-state index contributed by atoms with van der Waals surface area (Å²) in [4.78, 5) is 24.9. The van der Waals surface area contributed by atoms with Crippen molar-refractivity contribution in [3.8, 4) is 0 Å². The fourth-order valence-electron chi connectivity index (χ4n) is 2.78. The van der Waals surface area contributed by atoms with Gasteiger partial charge in [0.2, 0.25) is 5.91 Å². The summed E-state index contributed by atoms with van der Waals surface area (Å²) < 4.78 is 5.41. The first-order chi connectivity index (χ1) is 10.7. The highest BCUT2D eigenvalue weighted by atomic mass is 16.6. The molecule has 0 radical (unpaired) electrons. The number of nitrogens with zero attached hydrogens (tertiary/aromatic N) is 1. The Hall–Kier alpha value is -2.04. The predicted octanol–water partition coefficient (Wildman–Crippen LogP) is 2.98. The monoisotopic (exact) mass is 318 g/mol. The summed E-state index contributed by atoms with van der Waals surface area (Å²) in [5.41, 5.74) is 6.53. The third kappa shape index (κ3) is 5.27. The van der Waals surface area contributed by atoms with Gasteiger partial charge in [-0.1, -0.05) is 12.1 Å². The van der Waals surface area contributed by atoms with E-state index in [2.05, 4.69) is 0 Å². The number of carbonyl (C=O) groups excluding carboxylic acids is 2. The summed E-state index contributed by atoms with van der Waals surface area (Å²) in [7, 11) is 0. The van der Waals surface area contributed by atoms with Crippen molar-refractivity contribution in [2.45, 2.75) is 45.6 Å². The third-order valence-electron chi connectivity index (χ3n) is 4.03. The van der Waals surface area contributed by atoms with E-state index in [1.807, 2.05) is 32.9 Å². The summed E-state index contributed by atoms with van der Waals surface area (Å²) in [5, 5.41) is 0. The number of primary amides is 1. The van der Waals surface area contributed by atoms with Gasteiger partial charge >= 0.3 is 6.09 Å². The maximum Gasteiger partial charge on any atom is 0.410 e. The van der Waals surface area contributed by atoms with Crippen LogP contribution in [0.15, 0.2) is 24.3 Å². The lowest BCUT2D eigenvalue weighted by Gasteiger charge is -2.33. The fraction of sp³-hybridized carbons (Fsp3) is 0.556. The number of rotatable bonds is 3. The van der Waals surface area contributed by atoms with Crippen molar-refractivity contribution in [3.63, 3.8) is 0 Å². The Labute approximate surface area is 137 Å². The largest absolute Gasteiger partial charge is 0.444 e. The number of ether oxygens (including phenoxy) is 1. The first-order valence-electron chi connectivity index (χ1n) is 8.11. The van der Waals surface area contributed by atoms with E-state index < -0.39 is 11.5 Å². The molecule has 0 spiro atoms. The van der Waals surface area contributed by atoms with Crippen molar-refractivity contribution < 1.29 is 14.3 Å². The highest BCUT2D eigenvalue weighted by molar-refractivity contribution is 5.92. The second kappa shape index (κ2) is 7.02. The third-order valence-corrected chi connectivity index (χ3v) is 4.03. The van der Waals surface area contributed by atoms with E-state index in [9.17, 15) is 9.59 Å². The minimum Gasteiger partial charge on any atom is -0.444 e. The number of nitrogens with two attached hydrogens (primary N) is 1. The van der Waals surface area contributed by atoms with Crippen LogP contribution >= 0.6 is 0 Å². The molecule has 5 nitrogen and oxygen atoms in total. The zero-order valence-corrected chi connectivity index (χ0v) is 14.2. The lowest BCUT2D eigenvalue weighted by atomic mass is 9.90. The van der Waals surface area contributed by atoms with E-state index in [-0.39, 0.29) is 6.09 Å². The summed E-state index contributed by atoms with van der Waals surface area (Å²) in [6.45, 7) is 7.12. The van der Waals surface area contributed by atoms with Crippen molar-refractivity contribution in [3.05, 3.63) is 35.4 Å². The lowest BCUT2D eigenvalue weighted by molar-refractivity contribution is 0.0184. The molecule has 0 bridgehead atoms. The smallest absolute Gasteiger partial charge is 0.410 e. The molecular formula is C18H26N2O3. The van der Waals surface area contributed by atoms with Crippen molar-refractivity contribution in [2.24, 2.45) is 11.7 Å². The Morgan fingerprint density at radius 1 is 1.17 bits per heavy atom. The molecule has 2 amide bonds. The van der Waals surface area contributed by atoms with Gasteiger partial charge in [0.15, 0.2) is 0 Å². The van der Waals surface area contributed by atoms with Crippen LogP contribution in [-0.2, 0) is 11.2 Å². The van der Waals surface area contributed by atoms with Gasteiger partial charge in [-0.15, -0.1) is 0 Å². The molecule has 1 fully saturated rings. The molecule has 0 aromatic heterocycles. The number of hydrogen-bond donors (Lipinski definition) is 1. The molecule has 1 aromatic rings. The molecule has 23 heavy (non-hydrogen) atoms. The van der Waals surface area contributed by atoms with Gasteiger partial charge in [-0.2, -0.15) is 0 Å². The second-order valence-corrected chi connectivity index (χ2v) is 7.18. The zero-order chi connectivity index (χ0) is 17.0. The van der Waals surface area contributed by atoms with Crippen LogP contribution in [0.4, 0.5) is 4.79 Å². The highest BCUT2D eigenvalue weighted by Crippen LogP contribution is 2.23. The fourth-order valence-corrected chi connectivity index (χ4v) is 2.78. The molecule has 2 rings (SSSR count). The predicted molar refractivity (Wildman–Crippen MR) is 89.2 cm³/mol. The Balaban J connectivity index is 1.82. The normalized spacial score (nSPS) is 16.2.